The smallest absolute Gasteiger partial charge is 0.270 e. The molecule has 3 atom stereocenters. The predicted molar refractivity (Wildman–Crippen MR) is 113 cm³/mol. The number of piperazine rings is 1. The van der Waals surface area contributed by atoms with Crippen LogP contribution in [-0.2, 0) is 0 Å². The van der Waals surface area contributed by atoms with Crippen LogP contribution in [0.5, 0.6) is 0 Å². The molecule has 7 nitrogen and oxygen atoms in total. The monoisotopic (exact) mass is 413 g/mol. The van der Waals surface area contributed by atoms with Gasteiger partial charge in [-0.3, -0.25) is 9.59 Å². The van der Waals surface area contributed by atoms with E-state index in [1.165, 1.54) is 24.3 Å². The number of pyridine rings is 1. The summed E-state index contributed by atoms with van der Waals surface area (Å²) >= 11 is 1.51. The summed E-state index contributed by atoms with van der Waals surface area (Å²) in [6, 6.07) is 1.98. The Kier molecular flexibility index (Phi) is 5.01. The molecule has 0 saturated carbocycles. The lowest BCUT2D eigenvalue weighted by Crippen LogP contribution is -2.47. The summed E-state index contributed by atoms with van der Waals surface area (Å²) in [6.07, 6.45) is 4.02. The third kappa shape index (κ3) is 3.76. The fourth-order valence-electron chi connectivity index (χ4n) is 4.83. The highest BCUT2D eigenvalue weighted by Crippen LogP contribution is 2.29. The zero-order valence-corrected chi connectivity index (χ0v) is 17.6. The maximum absolute atomic E-state index is 13.0. The Balaban J connectivity index is 1.33. The molecule has 154 valence electrons. The number of hydrogen-bond donors (Lipinski definition) is 1. The van der Waals surface area contributed by atoms with Crippen LogP contribution in [0.2, 0.25) is 0 Å². The zero-order valence-electron chi connectivity index (χ0n) is 16.8. The van der Waals surface area contributed by atoms with Gasteiger partial charge in [-0.05, 0) is 38.4 Å². The zero-order chi connectivity index (χ0) is 20.0. The maximum atomic E-state index is 13.0. The lowest BCUT2D eigenvalue weighted by molar-refractivity contribution is 0.0666. The number of piperidine rings is 1. The Morgan fingerprint density at radius 2 is 2.00 bits per heavy atom. The number of rotatable bonds is 3. The number of nitrogens with zero attached hydrogens (tertiary/aromatic N) is 4. The van der Waals surface area contributed by atoms with Crippen molar-refractivity contribution in [1.82, 2.24) is 25.0 Å². The molecule has 3 aliphatic rings. The second-order valence-corrected chi connectivity index (χ2v) is 9.54. The fraction of sp³-hybridized carbons (Fsp3) is 0.571. The fourth-order valence-corrected chi connectivity index (χ4v) is 5.71. The average Bonchev–Trinajstić information content (AvgIpc) is 3.30. The Labute approximate surface area is 174 Å². The number of thiophene rings is 1. The van der Waals surface area contributed by atoms with Gasteiger partial charge in [0.1, 0.15) is 5.69 Å². The molecule has 3 aliphatic heterocycles. The Bertz CT molecular complexity index is 924. The summed E-state index contributed by atoms with van der Waals surface area (Å²) in [5.41, 5.74) is 1.09. The van der Waals surface area contributed by atoms with Crippen molar-refractivity contribution < 1.29 is 9.59 Å². The summed E-state index contributed by atoms with van der Waals surface area (Å²) in [5, 5.41) is 5.91. The van der Waals surface area contributed by atoms with Gasteiger partial charge in [0.2, 0.25) is 0 Å². The molecule has 2 aromatic rings. The van der Waals surface area contributed by atoms with Gasteiger partial charge >= 0.3 is 0 Å². The summed E-state index contributed by atoms with van der Waals surface area (Å²) in [6.45, 7) is 6.51. The van der Waals surface area contributed by atoms with E-state index < -0.39 is 0 Å². The number of amides is 2. The van der Waals surface area contributed by atoms with Gasteiger partial charge in [0, 0.05) is 62.3 Å². The van der Waals surface area contributed by atoms with Crippen LogP contribution in [0, 0.1) is 5.92 Å². The van der Waals surface area contributed by atoms with E-state index in [-0.39, 0.29) is 17.9 Å². The second kappa shape index (κ2) is 7.66. The van der Waals surface area contributed by atoms with Gasteiger partial charge in [0.25, 0.3) is 11.8 Å². The quantitative estimate of drug-likeness (QED) is 0.826. The first kappa shape index (κ1) is 19.0. The Morgan fingerprint density at radius 1 is 1.17 bits per heavy atom. The topological polar surface area (TPSA) is 68.8 Å². The van der Waals surface area contributed by atoms with Crippen LogP contribution < -0.4 is 5.32 Å². The van der Waals surface area contributed by atoms with Gasteiger partial charge in [0.05, 0.1) is 10.3 Å². The summed E-state index contributed by atoms with van der Waals surface area (Å²) in [5.74, 6) is 0.622. The normalized spacial score (nSPS) is 27.3. The van der Waals surface area contributed by atoms with Crippen molar-refractivity contribution in [2.24, 2.45) is 5.92 Å². The molecule has 2 amide bonds. The highest BCUT2D eigenvalue weighted by atomic mass is 32.1. The third-order valence-corrected chi connectivity index (χ3v) is 7.45. The minimum atomic E-state index is -0.136. The summed E-state index contributed by atoms with van der Waals surface area (Å²) in [7, 11) is 2.08. The van der Waals surface area contributed by atoms with E-state index in [1.807, 2.05) is 10.3 Å². The minimum absolute atomic E-state index is 0.0542. The molecule has 0 aliphatic carbocycles. The molecular formula is C21H27N5O2S. The lowest BCUT2D eigenvalue weighted by atomic mass is 9.97. The van der Waals surface area contributed by atoms with E-state index in [0.717, 1.165) is 55.8 Å². The molecule has 1 N–H and O–H groups in total. The van der Waals surface area contributed by atoms with E-state index >= 15 is 0 Å². The molecule has 0 spiro atoms. The number of nitrogens with one attached hydrogen (secondary N) is 1. The summed E-state index contributed by atoms with van der Waals surface area (Å²) in [4.78, 5) is 36.8. The molecule has 5 heterocycles. The number of likely N-dealkylation sites (N-methyl/N-ethyl adjacent to an activating group) is 1. The number of carbonyl (C=O) groups excluding carboxylic acids is 2. The largest absolute Gasteiger partial charge is 0.347 e. The van der Waals surface area contributed by atoms with Crippen molar-refractivity contribution in [2.45, 2.75) is 18.9 Å². The van der Waals surface area contributed by atoms with Gasteiger partial charge in [-0.25, -0.2) is 4.98 Å². The highest BCUT2D eigenvalue weighted by molar-refractivity contribution is 7.17. The van der Waals surface area contributed by atoms with Crippen molar-refractivity contribution in [2.75, 3.05) is 52.9 Å². The lowest BCUT2D eigenvalue weighted by Gasteiger charge is -2.32. The molecule has 3 unspecified atom stereocenters. The van der Waals surface area contributed by atoms with Crippen molar-refractivity contribution in [1.29, 1.82) is 0 Å². The van der Waals surface area contributed by atoms with Crippen LogP contribution >= 0.6 is 11.3 Å². The Morgan fingerprint density at radius 3 is 2.79 bits per heavy atom. The third-order valence-electron chi connectivity index (χ3n) is 6.52. The number of aromatic nitrogens is 1. The van der Waals surface area contributed by atoms with Crippen molar-refractivity contribution >= 4 is 33.2 Å². The first-order valence-corrected chi connectivity index (χ1v) is 11.3. The molecule has 3 saturated heterocycles. The number of carbonyl (C=O) groups is 2. The molecule has 0 aromatic carbocycles. The predicted octanol–water partition coefficient (Wildman–Crippen LogP) is 1.51. The average molecular weight is 414 g/mol. The van der Waals surface area contributed by atoms with Gasteiger partial charge in [-0.1, -0.05) is 0 Å². The van der Waals surface area contributed by atoms with E-state index in [4.69, 9.17) is 0 Å². The highest BCUT2D eigenvalue weighted by Gasteiger charge is 2.33. The van der Waals surface area contributed by atoms with E-state index in [2.05, 4.69) is 27.1 Å². The van der Waals surface area contributed by atoms with E-state index in [0.29, 0.717) is 17.2 Å². The number of hydrogen-bond acceptors (Lipinski definition) is 6. The minimum Gasteiger partial charge on any atom is -0.347 e. The van der Waals surface area contributed by atoms with Crippen molar-refractivity contribution in [3.05, 3.63) is 28.9 Å². The molecule has 29 heavy (non-hydrogen) atoms. The maximum Gasteiger partial charge on any atom is 0.270 e. The standard InChI is InChI=1S/C21H27N5O2S/c1-24-4-6-26(7-5-24)21(28)17-13-29-19-10-22-18(9-16(17)19)20(27)23-15-8-14-2-3-25(11-14)12-15/h9-10,13-15H,2-8,11-12H2,1H3,(H,23,27). The summed E-state index contributed by atoms with van der Waals surface area (Å²) < 4.78 is 0.945. The van der Waals surface area contributed by atoms with Crippen LogP contribution in [0.15, 0.2) is 17.6 Å². The molecule has 8 heteroatoms. The van der Waals surface area contributed by atoms with Gasteiger partial charge < -0.3 is 20.0 Å². The van der Waals surface area contributed by atoms with Crippen molar-refractivity contribution in [3.63, 3.8) is 0 Å². The molecule has 5 rings (SSSR count). The van der Waals surface area contributed by atoms with Crippen LogP contribution in [0.25, 0.3) is 10.1 Å². The molecule has 2 aromatic heterocycles. The van der Waals surface area contributed by atoms with Gasteiger partial charge in [0.15, 0.2) is 0 Å². The molecular weight excluding hydrogens is 386 g/mol. The molecule has 2 bridgehead atoms. The van der Waals surface area contributed by atoms with E-state index in [1.54, 1.807) is 12.3 Å². The van der Waals surface area contributed by atoms with E-state index in [9.17, 15) is 9.59 Å². The Hall–Kier alpha value is -2.03. The van der Waals surface area contributed by atoms with Gasteiger partial charge in [-0.15, -0.1) is 11.3 Å². The SMILES string of the molecule is CN1CCN(C(=O)c2csc3cnc(C(=O)NC4CC5CCN(C5)C4)cc23)CC1. The molecule has 3 fully saturated rings. The van der Waals surface area contributed by atoms with Crippen LogP contribution in [-0.4, -0.2) is 90.4 Å². The van der Waals surface area contributed by atoms with Crippen LogP contribution in [0.4, 0.5) is 0 Å². The van der Waals surface area contributed by atoms with Crippen molar-refractivity contribution in [3.8, 4) is 0 Å². The first-order chi connectivity index (χ1) is 14.1. The van der Waals surface area contributed by atoms with Crippen LogP contribution in [0.3, 0.4) is 0 Å². The number of fused-ring (bicyclic) bond motifs is 3. The first-order valence-electron chi connectivity index (χ1n) is 10.4. The van der Waals surface area contributed by atoms with Crippen LogP contribution in [0.1, 0.15) is 33.7 Å². The van der Waals surface area contributed by atoms with Gasteiger partial charge in [-0.2, -0.15) is 0 Å². The molecule has 0 radical (unpaired) electrons. The second-order valence-electron chi connectivity index (χ2n) is 8.63.